The van der Waals surface area contributed by atoms with Crippen LogP contribution in [0.15, 0.2) is 55.5 Å². The van der Waals surface area contributed by atoms with Crippen LogP contribution >= 0.6 is 0 Å². The molecule has 0 N–H and O–H groups in total. The van der Waals surface area contributed by atoms with E-state index in [1.807, 2.05) is 36.7 Å². The summed E-state index contributed by atoms with van der Waals surface area (Å²) in [4.78, 5) is 4.07. The van der Waals surface area contributed by atoms with Crippen LogP contribution in [0, 0.1) is 116 Å². The predicted octanol–water partition coefficient (Wildman–Crippen LogP) is 7.91. The monoisotopic (exact) mass is 876 g/mol. The van der Waals surface area contributed by atoms with Crippen LogP contribution in [0.25, 0.3) is 6.08 Å². The number of nitrogens with zero attached hydrogens (tertiary/aromatic N) is 2. The molecule has 0 saturated carbocycles. The summed E-state index contributed by atoms with van der Waals surface area (Å²) in [5.74, 6) is -71.4. The molecule has 1 heterocycles. The van der Waals surface area contributed by atoms with E-state index in [-0.39, 0.29) is 0 Å². The van der Waals surface area contributed by atoms with Crippen molar-refractivity contribution in [2.45, 2.75) is 6.54 Å². The van der Waals surface area contributed by atoms with Crippen molar-refractivity contribution in [2.75, 3.05) is 0 Å². The van der Waals surface area contributed by atoms with Crippen LogP contribution in [-0.4, -0.2) is 11.1 Å². The number of aromatic nitrogens is 2. The van der Waals surface area contributed by atoms with E-state index in [0.29, 0.717) is 0 Å². The zero-order valence-corrected chi connectivity index (χ0v) is 28.6. The fourth-order valence-electron chi connectivity index (χ4n) is 6.37. The van der Waals surface area contributed by atoms with E-state index in [4.69, 9.17) is 0 Å². The van der Waals surface area contributed by atoms with Crippen LogP contribution in [0.5, 0.6) is 0 Å². The van der Waals surface area contributed by atoms with E-state index in [2.05, 4.69) is 28.3 Å². The van der Waals surface area contributed by atoms with Crippen molar-refractivity contribution in [3.8, 4) is 0 Å². The molecule has 0 saturated heterocycles. The Kier molecular flexibility index (Phi) is 12.4. The quantitative estimate of drug-likeness (QED) is 0.0525. The van der Waals surface area contributed by atoms with Crippen molar-refractivity contribution >= 4 is 34.1 Å². The topological polar surface area (TPSA) is 16.8 Å². The summed E-state index contributed by atoms with van der Waals surface area (Å²) >= 11 is 0. The molecule has 0 aliphatic heterocycles. The number of halogens is 20. The fourth-order valence-corrected chi connectivity index (χ4v) is 6.37. The van der Waals surface area contributed by atoms with Gasteiger partial charge in [0.25, 0.3) is 0 Å². The molecule has 0 unspecified atom stereocenters. The summed E-state index contributed by atoms with van der Waals surface area (Å²) in [6, 6.07) is 10.3. The predicted molar refractivity (Wildman–Crippen MR) is 169 cm³/mol. The zero-order valence-electron chi connectivity index (χ0n) is 28.6. The maximum atomic E-state index is 15.4. The first-order chi connectivity index (χ1) is 28.1. The number of rotatable bonds is 7. The molecule has 0 radical (unpaired) electrons. The molecule has 0 spiro atoms. The lowest BCUT2D eigenvalue weighted by molar-refractivity contribution is -0.690. The van der Waals surface area contributed by atoms with Gasteiger partial charge in [-0.15, -0.1) is 21.9 Å². The normalized spacial score (nSPS) is 11.5. The Morgan fingerprint density at radius 3 is 0.950 bits per heavy atom. The van der Waals surface area contributed by atoms with Gasteiger partial charge in [0.1, 0.15) is 52.7 Å². The second kappa shape index (κ2) is 16.7. The van der Waals surface area contributed by atoms with E-state index in [1.54, 1.807) is 6.20 Å². The maximum Gasteiger partial charge on any atom is 0.223 e. The zero-order chi connectivity index (χ0) is 44.9. The smallest absolute Gasteiger partial charge is 0.223 e. The van der Waals surface area contributed by atoms with Gasteiger partial charge in [-0.05, 0) is 0 Å². The van der Waals surface area contributed by atoms with Crippen LogP contribution in [0.3, 0.4) is 0 Å². The summed E-state index contributed by atoms with van der Waals surface area (Å²) in [5.41, 5.74) is -12.0. The Morgan fingerprint density at radius 2 is 0.683 bits per heavy atom. The molecule has 0 aliphatic carbocycles. The number of hydrogen-bond acceptors (Lipinski definition) is 1. The Hall–Kier alpha value is -6.42. The molecule has 1 aromatic heterocycles. The third kappa shape index (κ3) is 6.87. The van der Waals surface area contributed by atoms with Crippen LogP contribution in [0.1, 0.15) is 11.3 Å². The van der Waals surface area contributed by atoms with Crippen molar-refractivity contribution in [3.05, 3.63) is 183 Å². The van der Waals surface area contributed by atoms with E-state index >= 15 is 35.1 Å². The Bertz CT molecular complexity index is 2330. The molecule has 6 aromatic rings. The van der Waals surface area contributed by atoms with Crippen molar-refractivity contribution in [2.24, 2.45) is 0 Å². The minimum atomic E-state index is -7.22. The molecule has 23 heteroatoms. The molecule has 0 fully saturated rings. The molecule has 0 amide bonds. The molecular weight excluding hydrogens is 863 g/mol. The highest BCUT2D eigenvalue weighted by Crippen LogP contribution is 2.30. The summed E-state index contributed by atoms with van der Waals surface area (Å²) in [6.07, 6.45) is 0.164. The van der Waals surface area contributed by atoms with Gasteiger partial charge in [0.15, 0.2) is 82.5 Å². The first-order valence-corrected chi connectivity index (χ1v) is 15.8. The third-order valence-corrected chi connectivity index (χ3v) is 8.98. The van der Waals surface area contributed by atoms with Gasteiger partial charge in [-0.3, -0.25) is 4.98 Å². The van der Waals surface area contributed by atoms with E-state index < -0.39 is 144 Å². The Labute approximate surface area is 321 Å². The van der Waals surface area contributed by atoms with Crippen LogP contribution in [-0.2, 0) is 6.54 Å². The molecule has 0 bridgehead atoms. The van der Waals surface area contributed by atoms with Gasteiger partial charge in [-0.2, -0.15) is 4.57 Å². The minimum Gasteiger partial charge on any atom is -0.252 e. The molecule has 0 aliphatic rings. The highest BCUT2D eigenvalue weighted by molar-refractivity contribution is 7.20. The van der Waals surface area contributed by atoms with E-state index in [0.717, 1.165) is 12.2 Å². The van der Waals surface area contributed by atoms with Crippen LogP contribution in [0.4, 0.5) is 87.8 Å². The van der Waals surface area contributed by atoms with Gasteiger partial charge in [0.05, 0.1) is 12.4 Å². The first kappa shape index (κ1) is 44.7. The molecule has 314 valence electrons. The second-order valence-electron chi connectivity index (χ2n) is 12.1. The van der Waals surface area contributed by atoms with Gasteiger partial charge in [-0.25, -0.2) is 87.8 Å². The highest BCUT2D eigenvalue weighted by Gasteiger charge is 2.52. The van der Waals surface area contributed by atoms with Crippen molar-refractivity contribution in [1.29, 1.82) is 0 Å². The van der Waals surface area contributed by atoms with Gasteiger partial charge >= 0.3 is 0 Å². The summed E-state index contributed by atoms with van der Waals surface area (Å²) in [5, 5.41) is 0. The van der Waals surface area contributed by atoms with E-state index in [9.17, 15) is 52.7 Å². The maximum absolute atomic E-state index is 15.4. The molecule has 6 rings (SSSR count). The Balaban J connectivity index is 0.000000379. The molecule has 2 nitrogen and oxygen atoms in total. The molecule has 60 heavy (non-hydrogen) atoms. The second-order valence-corrected chi connectivity index (χ2v) is 12.1. The molecular formula is C37H13BF20N2. The highest BCUT2D eigenvalue weighted by atomic mass is 19.2. The third-order valence-electron chi connectivity index (χ3n) is 8.98. The molecule has 5 aromatic carbocycles. The largest absolute Gasteiger partial charge is 0.252 e. The Morgan fingerprint density at radius 1 is 0.417 bits per heavy atom. The van der Waals surface area contributed by atoms with Crippen LogP contribution in [0.2, 0.25) is 0 Å². The SMILES string of the molecule is C=Cc1cncc[n+]1Cc1ccccc1.Fc1c(F)c(F)c([B-](c2c(F)c(F)c(F)c(F)c2F)(c2c(F)c(F)c(F)c(F)c2F)c2c(F)c(F)c(F)c(F)c2F)c(F)c1F. The van der Waals surface area contributed by atoms with Gasteiger partial charge in [0, 0.05) is 11.6 Å². The van der Waals surface area contributed by atoms with Crippen LogP contribution < -0.4 is 26.4 Å². The van der Waals surface area contributed by atoms with Gasteiger partial charge in [0.2, 0.25) is 5.69 Å². The average Bonchev–Trinajstić information content (AvgIpc) is 3.24. The van der Waals surface area contributed by atoms with Gasteiger partial charge in [-0.1, -0.05) is 36.9 Å². The lowest BCUT2D eigenvalue weighted by Gasteiger charge is -2.44. The number of benzene rings is 5. The first-order valence-electron chi connectivity index (χ1n) is 15.8. The fraction of sp³-hybridized carbons (Fsp3) is 0.0270. The van der Waals surface area contributed by atoms with Crippen molar-refractivity contribution < 1.29 is 92.4 Å². The molecule has 0 atom stereocenters. The standard InChI is InChI=1S/C24BF20.C13H13N2/c26-5-1(6(27)14(35)21(42)13(5)34)25(2-7(28)15(36)22(43)16(37)8(2)29,3-9(30)17(38)23(44)18(39)10(3)31)4-11(32)19(40)24(45)20(41)12(4)33;1-2-13-10-14-8-9-15(13)11-12-6-4-3-5-7-12/h;2-10H,1,11H2/q-1;+1. The van der Waals surface area contributed by atoms with E-state index in [1.165, 1.54) is 5.56 Å². The van der Waals surface area contributed by atoms with Gasteiger partial charge < -0.3 is 0 Å². The lowest BCUT2D eigenvalue weighted by Crippen LogP contribution is -2.81. The summed E-state index contributed by atoms with van der Waals surface area (Å²) in [7, 11) is 0. The van der Waals surface area contributed by atoms with Crippen molar-refractivity contribution in [3.63, 3.8) is 0 Å². The minimum absolute atomic E-state index is 0.852. The number of hydrogen-bond donors (Lipinski definition) is 0. The summed E-state index contributed by atoms with van der Waals surface area (Å²) < 4.78 is 296. The van der Waals surface area contributed by atoms with Crippen molar-refractivity contribution in [1.82, 2.24) is 4.98 Å². The summed E-state index contributed by atoms with van der Waals surface area (Å²) in [6.45, 7) is 4.62. The lowest BCUT2D eigenvalue weighted by atomic mass is 9.12. The average molecular weight is 876 g/mol.